The van der Waals surface area contributed by atoms with Crippen molar-refractivity contribution in [3.8, 4) is 5.75 Å². The van der Waals surface area contributed by atoms with E-state index >= 15 is 0 Å². The van der Waals surface area contributed by atoms with Crippen molar-refractivity contribution >= 4 is 28.5 Å². The second kappa shape index (κ2) is 8.78. The second-order valence-electron chi connectivity index (χ2n) is 4.92. The molecule has 2 aromatic rings. The van der Waals surface area contributed by atoms with Crippen molar-refractivity contribution in [2.45, 2.75) is 19.8 Å². The van der Waals surface area contributed by atoms with Crippen LogP contribution in [0.1, 0.15) is 29.3 Å². The number of amides is 1. The van der Waals surface area contributed by atoms with E-state index in [0.29, 0.717) is 13.2 Å². The molecule has 0 aliphatic carbocycles. The number of aryl methyl sites for hydroxylation is 1. The highest BCUT2D eigenvalue weighted by molar-refractivity contribution is 14.1. The summed E-state index contributed by atoms with van der Waals surface area (Å²) in [6.07, 6.45) is 1.86. The summed E-state index contributed by atoms with van der Waals surface area (Å²) < 4.78 is 6.40. The van der Waals surface area contributed by atoms with Crippen LogP contribution in [0.25, 0.3) is 0 Å². The molecule has 0 aliphatic heterocycles. The standard InChI is InChI=1S/C18H20INO2/c1-2-22-15-11-9-14(10-12-15)6-5-13-20-18(21)16-7-3-4-8-17(16)19/h3-4,7-12H,2,5-6,13H2,1H3,(H,20,21). The second-order valence-corrected chi connectivity index (χ2v) is 6.08. The minimum absolute atomic E-state index is 0.00306. The van der Waals surface area contributed by atoms with E-state index in [-0.39, 0.29) is 5.91 Å². The Hall–Kier alpha value is -1.56. The topological polar surface area (TPSA) is 38.3 Å². The zero-order valence-electron chi connectivity index (χ0n) is 12.6. The molecule has 0 atom stereocenters. The van der Waals surface area contributed by atoms with Crippen LogP contribution >= 0.6 is 22.6 Å². The van der Waals surface area contributed by atoms with Crippen LogP contribution in [-0.4, -0.2) is 19.1 Å². The minimum atomic E-state index is -0.00306. The molecule has 0 saturated carbocycles. The van der Waals surface area contributed by atoms with Crippen LogP contribution in [0, 0.1) is 3.57 Å². The van der Waals surface area contributed by atoms with Crippen molar-refractivity contribution in [3.63, 3.8) is 0 Å². The SMILES string of the molecule is CCOc1ccc(CCCNC(=O)c2ccccc2I)cc1. The van der Waals surface area contributed by atoms with Crippen molar-refractivity contribution < 1.29 is 9.53 Å². The lowest BCUT2D eigenvalue weighted by Gasteiger charge is -2.07. The van der Waals surface area contributed by atoms with Gasteiger partial charge in [-0.1, -0.05) is 24.3 Å². The minimum Gasteiger partial charge on any atom is -0.494 e. The van der Waals surface area contributed by atoms with Gasteiger partial charge in [-0.2, -0.15) is 0 Å². The Morgan fingerprint density at radius 2 is 1.86 bits per heavy atom. The molecule has 0 spiro atoms. The van der Waals surface area contributed by atoms with Crippen LogP contribution < -0.4 is 10.1 Å². The molecule has 0 heterocycles. The van der Waals surface area contributed by atoms with Crippen molar-refractivity contribution in [1.29, 1.82) is 0 Å². The zero-order valence-corrected chi connectivity index (χ0v) is 14.8. The fourth-order valence-electron chi connectivity index (χ4n) is 2.15. The average molecular weight is 409 g/mol. The first-order valence-corrected chi connectivity index (χ1v) is 8.53. The van der Waals surface area contributed by atoms with Gasteiger partial charge in [0.1, 0.15) is 5.75 Å². The summed E-state index contributed by atoms with van der Waals surface area (Å²) in [6.45, 7) is 3.34. The van der Waals surface area contributed by atoms with Gasteiger partial charge in [-0.25, -0.2) is 0 Å². The molecule has 22 heavy (non-hydrogen) atoms. The smallest absolute Gasteiger partial charge is 0.252 e. The summed E-state index contributed by atoms with van der Waals surface area (Å²) in [5, 5.41) is 2.97. The van der Waals surface area contributed by atoms with Gasteiger partial charge < -0.3 is 10.1 Å². The number of ether oxygens (including phenoxy) is 1. The third-order valence-corrected chi connectivity index (χ3v) is 4.22. The Morgan fingerprint density at radius 3 is 2.55 bits per heavy atom. The summed E-state index contributed by atoms with van der Waals surface area (Å²) in [4.78, 5) is 12.1. The van der Waals surface area contributed by atoms with Crippen molar-refractivity contribution in [3.05, 3.63) is 63.2 Å². The highest BCUT2D eigenvalue weighted by atomic mass is 127. The fourth-order valence-corrected chi connectivity index (χ4v) is 2.79. The molecule has 0 aromatic heterocycles. The molecule has 1 N–H and O–H groups in total. The van der Waals surface area contributed by atoms with Crippen LogP contribution in [0.4, 0.5) is 0 Å². The van der Waals surface area contributed by atoms with E-state index in [9.17, 15) is 4.79 Å². The monoisotopic (exact) mass is 409 g/mol. The van der Waals surface area contributed by atoms with E-state index in [0.717, 1.165) is 27.7 Å². The van der Waals surface area contributed by atoms with Gasteiger partial charge in [0.25, 0.3) is 5.91 Å². The summed E-state index contributed by atoms with van der Waals surface area (Å²) in [7, 11) is 0. The molecular weight excluding hydrogens is 389 g/mol. The van der Waals surface area contributed by atoms with Crippen LogP contribution in [0.15, 0.2) is 48.5 Å². The summed E-state index contributed by atoms with van der Waals surface area (Å²) in [6, 6.07) is 15.7. The van der Waals surface area contributed by atoms with E-state index in [1.807, 2.05) is 43.3 Å². The fraction of sp³-hybridized carbons (Fsp3) is 0.278. The predicted octanol–water partition coefficient (Wildman–Crippen LogP) is 4.05. The molecule has 0 radical (unpaired) electrons. The van der Waals surface area contributed by atoms with Gasteiger partial charge in [0.2, 0.25) is 0 Å². The van der Waals surface area contributed by atoms with Crippen LogP contribution in [0.3, 0.4) is 0 Å². The van der Waals surface area contributed by atoms with E-state index in [1.165, 1.54) is 5.56 Å². The van der Waals surface area contributed by atoms with Gasteiger partial charge in [-0.15, -0.1) is 0 Å². The van der Waals surface area contributed by atoms with E-state index in [4.69, 9.17) is 4.74 Å². The Bertz CT molecular complexity index is 611. The average Bonchev–Trinajstić information content (AvgIpc) is 2.53. The molecule has 2 rings (SSSR count). The molecule has 0 unspecified atom stereocenters. The number of rotatable bonds is 7. The number of benzene rings is 2. The Kier molecular flexibility index (Phi) is 6.71. The van der Waals surface area contributed by atoms with Gasteiger partial charge in [0.05, 0.1) is 12.2 Å². The largest absolute Gasteiger partial charge is 0.494 e. The lowest BCUT2D eigenvalue weighted by Crippen LogP contribution is -2.25. The molecule has 1 amide bonds. The van der Waals surface area contributed by atoms with Crippen LogP contribution in [0.2, 0.25) is 0 Å². The number of carbonyl (C=O) groups is 1. The third-order valence-electron chi connectivity index (χ3n) is 3.28. The van der Waals surface area contributed by atoms with Gasteiger partial charge in [-0.3, -0.25) is 4.79 Å². The van der Waals surface area contributed by atoms with Crippen molar-refractivity contribution in [1.82, 2.24) is 5.32 Å². The maximum absolute atomic E-state index is 12.1. The van der Waals surface area contributed by atoms with Gasteiger partial charge >= 0.3 is 0 Å². The zero-order chi connectivity index (χ0) is 15.8. The molecule has 2 aromatic carbocycles. The van der Waals surface area contributed by atoms with Crippen molar-refractivity contribution in [2.75, 3.05) is 13.2 Å². The molecule has 0 saturated heterocycles. The Morgan fingerprint density at radius 1 is 1.14 bits per heavy atom. The number of hydrogen-bond donors (Lipinski definition) is 1. The maximum atomic E-state index is 12.1. The molecule has 0 bridgehead atoms. The normalized spacial score (nSPS) is 10.3. The van der Waals surface area contributed by atoms with Gasteiger partial charge in [-0.05, 0) is 72.2 Å². The predicted molar refractivity (Wildman–Crippen MR) is 97.4 cm³/mol. The lowest BCUT2D eigenvalue weighted by molar-refractivity contribution is 0.0952. The summed E-state index contributed by atoms with van der Waals surface area (Å²) >= 11 is 2.18. The number of hydrogen-bond acceptors (Lipinski definition) is 2. The first-order chi connectivity index (χ1) is 10.7. The molecule has 0 fully saturated rings. The Labute approximate surface area is 145 Å². The van der Waals surface area contributed by atoms with Crippen LogP contribution in [-0.2, 0) is 6.42 Å². The van der Waals surface area contributed by atoms with Crippen molar-refractivity contribution in [2.24, 2.45) is 0 Å². The van der Waals surface area contributed by atoms with E-state index in [2.05, 4.69) is 40.0 Å². The number of carbonyl (C=O) groups excluding carboxylic acids is 1. The first kappa shape index (κ1) is 16.8. The summed E-state index contributed by atoms with van der Waals surface area (Å²) in [5.74, 6) is 0.898. The van der Waals surface area contributed by atoms with Gasteiger partial charge in [0, 0.05) is 10.1 Å². The van der Waals surface area contributed by atoms with E-state index < -0.39 is 0 Å². The van der Waals surface area contributed by atoms with E-state index in [1.54, 1.807) is 0 Å². The molecule has 4 heteroatoms. The Balaban J connectivity index is 1.75. The molecular formula is C18H20INO2. The molecule has 116 valence electrons. The quantitative estimate of drug-likeness (QED) is 0.554. The first-order valence-electron chi connectivity index (χ1n) is 7.45. The molecule has 3 nitrogen and oxygen atoms in total. The number of halogens is 1. The summed E-state index contributed by atoms with van der Waals surface area (Å²) in [5.41, 5.74) is 2.00. The van der Waals surface area contributed by atoms with Gasteiger partial charge in [0.15, 0.2) is 0 Å². The highest BCUT2D eigenvalue weighted by Crippen LogP contribution is 2.13. The maximum Gasteiger partial charge on any atom is 0.252 e. The third kappa shape index (κ3) is 5.02. The lowest BCUT2D eigenvalue weighted by atomic mass is 10.1. The molecule has 0 aliphatic rings. The van der Waals surface area contributed by atoms with Crippen LogP contribution in [0.5, 0.6) is 5.75 Å². The number of nitrogens with one attached hydrogen (secondary N) is 1. The highest BCUT2D eigenvalue weighted by Gasteiger charge is 2.07.